The Balaban J connectivity index is 1.11. The van der Waals surface area contributed by atoms with E-state index in [1.54, 1.807) is 0 Å². The van der Waals surface area contributed by atoms with Gasteiger partial charge in [0.05, 0.1) is 0 Å². The first kappa shape index (κ1) is 30.1. The van der Waals surface area contributed by atoms with Gasteiger partial charge in [-0.25, -0.2) is 4.98 Å². The Morgan fingerprint density at radius 1 is 0.327 bits per heavy atom. The predicted octanol–water partition coefficient (Wildman–Crippen LogP) is 13.9. The third-order valence-electron chi connectivity index (χ3n) is 10.3. The van der Waals surface area contributed by atoms with Gasteiger partial charge in [-0.05, 0) is 125 Å². The van der Waals surface area contributed by atoms with Crippen molar-refractivity contribution in [2.75, 3.05) is 0 Å². The zero-order valence-electron chi connectivity index (χ0n) is 28.7. The molecule has 0 saturated heterocycles. The van der Waals surface area contributed by atoms with Crippen LogP contribution in [0.4, 0.5) is 0 Å². The number of aromatic nitrogens is 1. The molecule has 1 aromatic heterocycles. The van der Waals surface area contributed by atoms with E-state index in [4.69, 9.17) is 9.40 Å². The molecule has 52 heavy (non-hydrogen) atoms. The van der Waals surface area contributed by atoms with Crippen molar-refractivity contribution in [3.8, 4) is 55.6 Å². The van der Waals surface area contributed by atoms with Gasteiger partial charge < -0.3 is 4.42 Å². The summed E-state index contributed by atoms with van der Waals surface area (Å²) in [5.74, 6) is 0.673. The van der Waals surface area contributed by atoms with Gasteiger partial charge in [0.15, 0.2) is 11.5 Å². The van der Waals surface area contributed by atoms with Gasteiger partial charge in [-0.1, -0.05) is 140 Å². The summed E-state index contributed by atoms with van der Waals surface area (Å²) >= 11 is 0. The maximum absolute atomic E-state index is 5.86. The molecule has 2 nitrogen and oxygen atoms in total. The minimum atomic E-state index is 0.673. The van der Waals surface area contributed by atoms with Crippen molar-refractivity contribution in [3.05, 3.63) is 188 Å². The van der Waals surface area contributed by atoms with Gasteiger partial charge in [-0.2, -0.15) is 0 Å². The Morgan fingerprint density at radius 3 is 1.42 bits per heavy atom. The smallest absolute Gasteiger partial charge is 0.192 e. The summed E-state index contributed by atoms with van der Waals surface area (Å²) in [4.78, 5) is 4.71. The van der Waals surface area contributed by atoms with Crippen LogP contribution < -0.4 is 0 Å². The molecule has 1 heterocycles. The number of nitrogens with zero attached hydrogens (tertiary/aromatic N) is 1. The summed E-state index contributed by atoms with van der Waals surface area (Å²) in [6.07, 6.45) is 0. The van der Waals surface area contributed by atoms with E-state index >= 15 is 0 Å². The number of rotatable bonds is 5. The zero-order valence-corrected chi connectivity index (χ0v) is 28.7. The fourth-order valence-electron chi connectivity index (χ4n) is 7.88. The lowest BCUT2D eigenvalue weighted by Gasteiger charge is -2.14. The highest BCUT2D eigenvalue weighted by Gasteiger charge is 2.14. The molecule has 0 unspecified atom stereocenters. The summed E-state index contributed by atoms with van der Waals surface area (Å²) in [6, 6.07) is 66.0. The molecule has 10 rings (SSSR count). The van der Waals surface area contributed by atoms with Crippen LogP contribution in [0.5, 0.6) is 0 Å². The molecular weight excluding hydrogens is 631 g/mol. The summed E-state index contributed by atoms with van der Waals surface area (Å²) in [6.45, 7) is 1.90. The molecule has 0 spiro atoms. The minimum Gasteiger partial charge on any atom is -0.441 e. The fraction of sp³-hybridized carbons (Fsp3) is 0.0200. The number of hydrogen-bond donors (Lipinski definition) is 0. The molecular formula is C50H33NO. The van der Waals surface area contributed by atoms with E-state index in [0.717, 1.165) is 33.4 Å². The van der Waals surface area contributed by atoms with Crippen LogP contribution in [0.2, 0.25) is 0 Å². The van der Waals surface area contributed by atoms with Gasteiger partial charge in [0.25, 0.3) is 0 Å². The van der Waals surface area contributed by atoms with E-state index in [2.05, 4.69) is 170 Å². The quantitative estimate of drug-likeness (QED) is 0.171. The number of fused-ring (bicyclic) bond motifs is 7. The molecule has 0 saturated carbocycles. The second-order valence-corrected chi connectivity index (χ2v) is 13.6. The van der Waals surface area contributed by atoms with Gasteiger partial charge >= 0.3 is 0 Å². The van der Waals surface area contributed by atoms with Crippen LogP contribution in [0, 0.1) is 6.92 Å². The Morgan fingerprint density at radius 2 is 0.769 bits per heavy atom. The monoisotopic (exact) mass is 663 g/mol. The average Bonchev–Trinajstić information content (AvgIpc) is 3.61. The van der Waals surface area contributed by atoms with Gasteiger partial charge in [-0.3, -0.25) is 0 Å². The maximum Gasteiger partial charge on any atom is 0.192 e. The second-order valence-electron chi connectivity index (χ2n) is 13.6. The largest absolute Gasteiger partial charge is 0.441 e. The molecule has 0 N–H and O–H groups in total. The number of para-hydroxylation sites is 1. The zero-order chi connectivity index (χ0) is 34.6. The highest BCUT2D eigenvalue weighted by atomic mass is 16.3. The first-order chi connectivity index (χ1) is 25.7. The van der Waals surface area contributed by atoms with Crippen LogP contribution in [-0.4, -0.2) is 4.98 Å². The van der Waals surface area contributed by atoms with Crippen molar-refractivity contribution in [1.82, 2.24) is 4.98 Å². The lowest BCUT2D eigenvalue weighted by molar-refractivity contribution is 0.561. The van der Waals surface area contributed by atoms with Gasteiger partial charge in [-0.15, -0.1) is 0 Å². The Labute approximate surface area is 302 Å². The maximum atomic E-state index is 5.86. The van der Waals surface area contributed by atoms with Gasteiger partial charge in [0.2, 0.25) is 0 Å². The van der Waals surface area contributed by atoms with Crippen molar-refractivity contribution in [1.29, 1.82) is 0 Å². The normalized spacial score (nSPS) is 11.6. The standard InChI is InChI=1S/C50H33NO/c1-32-51-50-42(22-11-23-49(50)52-32)38-17-10-16-36(27-38)41-29-39(33-12-3-2-4-13-33)28-40(30-41)35-15-9-14-34(26-35)37-24-25-47-45-20-6-5-18-43(45)44-19-7-8-21-46(44)48(47)31-37/h2-31H,1H3. The van der Waals surface area contributed by atoms with Crippen LogP contribution in [0.1, 0.15) is 5.89 Å². The Bertz CT molecular complexity index is 2940. The molecule has 0 aliphatic rings. The molecule has 9 aromatic carbocycles. The molecule has 0 radical (unpaired) electrons. The van der Waals surface area contributed by atoms with Crippen LogP contribution in [-0.2, 0) is 0 Å². The molecule has 0 fully saturated rings. The van der Waals surface area contributed by atoms with E-state index < -0.39 is 0 Å². The summed E-state index contributed by atoms with van der Waals surface area (Å²) in [7, 11) is 0. The molecule has 244 valence electrons. The third-order valence-corrected chi connectivity index (χ3v) is 10.3. The average molecular weight is 664 g/mol. The van der Waals surface area contributed by atoms with Crippen molar-refractivity contribution in [3.63, 3.8) is 0 Å². The second kappa shape index (κ2) is 12.2. The van der Waals surface area contributed by atoms with E-state index in [0.29, 0.717) is 5.89 Å². The highest BCUT2D eigenvalue weighted by Crippen LogP contribution is 2.39. The molecule has 0 aliphatic carbocycles. The van der Waals surface area contributed by atoms with Crippen LogP contribution in [0.25, 0.3) is 99.1 Å². The molecule has 0 atom stereocenters. The van der Waals surface area contributed by atoms with E-state index in [-0.39, 0.29) is 0 Å². The predicted molar refractivity (Wildman–Crippen MR) is 218 cm³/mol. The number of aryl methyl sites for hydroxylation is 1. The van der Waals surface area contributed by atoms with Crippen molar-refractivity contribution >= 4 is 43.4 Å². The number of benzene rings is 9. The van der Waals surface area contributed by atoms with Gasteiger partial charge in [0.1, 0.15) is 5.52 Å². The molecule has 2 heteroatoms. The van der Waals surface area contributed by atoms with Crippen LogP contribution >= 0.6 is 0 Å². The lowest BCUT2D eigenvalue weighted by Crippen LogP contribution is -1.88. The summed E-state index contributed by atoms with van der Waals surface area (Å²) in [5, 5.41) is 7.72. The van der Waals surface area contributed by atoms with Crippen LogP contribution in [0.3, 0.4) is 0 Å². The number of hydrogen-bond acceptors (Lipinski definition) is 2. The first-order valence-electron chi connectivity index (χ1n) is 17.8. The molecule has 0 bridgehead atoms. The van der Waals surface area contributed by atoms with Crippen LogP contribution in [0.15, 0.2) is 186 Å². The van der Waals surface area contributed by atoms with E-state index in [1.165, 1.54) is 65.7 Å². The Kier molecular flexibility index (Phi) is 7.07. The fourth-order valence-corrected chi connectivity index (χ4v) is 7.88. The van der Waals surface area contributed by atoms with Crippen molar-refractivity contribution < 1.29 is 4.42 Å². The van der Waals surface area contributed by atoms with E-state index in [9.17, 15) is 0 Å². The number of oxazole rings is 1. The summed E-state index contributed by atoms with van der Waals surface area (Å²) in [5.41, 5.74) is 13.3. The molecule has 0 aliphatic heterocycles. The minimum absolute atomic E-state index is 0.673. The lowest BCUT2D eigenvalue weighted by atomic mass is 9.90. The van der Waals surface area contributed by atoms with E-state index in [1.807, 2.05) is 19.1 Å². The first-order valence-corrected chi connectivity index (χ1v) is 17.8. The topological polar surface area (TPSA) is 26.0 Å². The third kappa shape index (κ3) is 5.16. The van der Waals surface area contributed by atoms with Crippen molar-refractivity contribution in [2.24, 2.45) is 0 Å². The SMILES string of the molecule is Cc1nc2c(-c3cccc(-c4cc(-c5ccccc5)cc(-c5cccc(-c6ccc7c8ccccc8c8ccccc8c7c6)c5)c4)c3)cccc2o1. The molecule has 10 aromatic rings. The summed E-state index contributed by atoms with van der Waals surface area (Å²) < 4.78 is 5.86. The van der Waals surface area contributed by atoms with Crippen molar-refractivity contribution in [2.45, 2.75) is 6.92 Å². The highest BCUT2D eigenvalue weighted by molar-refractivity contribution is 6.25. The molecule has 0 amide bonds. The van der Waals surface area contributed by atoms with Gasteiger partial charge in [0, 0.05) is 12.5 Å². The Hall–Kier alpha value is -6.77.